The number of rotatable bonds is 7. The number of furan rings is 1. The van der Waals surface area contributed by atoms with Gasteiger partial charge in [-0.3, -0.25) is 14.4 Å². The third-order valence-corrected chi connectivity index (χ3v) is 5.72. The Balaban J connectivity index is 1.58. The van der Waals surface area contributed by atoms with Crippen LogP contribution in [0.15, 0.2) is 44.3 Å². The number of carbonyl (C=O) groups is 1. The first kappa shape index (κ1) is 21.6. The quantitative estimate of drug-likeness (QED) is 0.326. The molecular weight excluding hydrogens is 414 g/mol. The van der Waals surface area contributed by atoms with Crippen molar-refractivity contribution in [3.05, 3.63) is 67.9 Å². The van der Waals surface area contributed by atoms with Crippen LogP contribution in [0.4, 0.5) is 17.1 Å². The van der Waals surface area contributed by atoms with Gasteiger partial charge < -0.3 is 30.2 Å². The van der Waals surface area contributed by atoms with E-state index in [2.05, 4.69) is 10.6 Å². The van der Waals surface area contributed by atoms with Crippen molar-refractivity contribution in [2.75, 3.05) is 23.7 Å². The first-order valence-electron chi connectivity index (χ1n) is 10.5. The van der Waals surface area contributed by atoms with Crippen molar-refractivity contribution >= 4 is 23.0 Å². The van der Waals surface area contributed by atoms with Crippen molar-refractivity contribution in [1.82, 2.24) is 4.90 Å². The lowest BCUT2D eigenvalue weighted by Gasteiger charge is -2.21. The summed E-state index contributed by atoms with van der Waals surface area (Å²) in [4.78, 5) is 38.7. The predicted octanol–water partition coefficient (Wildman–Crippen LogP) is 2.40. The monoisotopic (exact) mass is 439 g/mol. The summed E-state index contributed by atoms with van der Waals surface area (Å²) in [6, 6.07) is 7.88. The average molecular weight is 439 g/mol. The lowest BCUT2D eigenvalue weighted by molar-refractivity contribution is 0.0762. The molecule has 3 aromatic rings. The molecule has 2 heterocycles. The fraction of sp³-hybridized carbons (Fsp3) is 0.348. The van der Waals surface area contributed by atoms with Gasteiger partial charge in [-0.2, -0.15) is 0 Å². The van der Waals surface area contributed by atoms with Gasteiger partial charge in [0, 0.05) is 13.1 Å². The average Bonchev–Trinajstić information content (AvgIpc) is 3.41. The van der Waals surface area contributed by atoms with Gasteiger partial charge in [0.15, 0.2) is 5.75 Å². The van der Waals surface area contributed by atoms with Gasteiger partial charge in [0.2, 0.25) is 0 Å². The van der Waals surface area contributed by atoms with Crippen molar-refractivity contribution in [1.29, 1.82) is 0 Å². The summed E-state index contributed by atoms with van der Waals surface area (Å²) in [5.74, 6) is 0.643. The van der Waals surface area contributed by atoms with E-state index in [1.165, 1.54) is 17.0 Å². The molecule has 0 saturated carbocycles. The second-order valence-electron chi connectivity index (χ2n) is 7.98. The van der Waals surface area contributed by atoms with E-state index in [1.54, 1.807) is 6.07 Å². The number of likely N-dealkylation sites (tertiary alicyclic amines) is 1. The maximum Gasteiger partial charge on any atom is 0.257 e. The number of phenols is 1. The number of nitrogens with one attached hydrogen (secondary N) is 2. The minimum absolute atomic E-state index is 0.0215. The Morgan fingerprint density at radius 2 is 1.97 bits per heavy atom. The summed E-state index contributed by atoms with van der Waals surface area (Å²) >= 11 is 0. The zero-order valence-corrected chi connectivity index (χ0v) is 17.8. The van der Waals surface area contributed by atoms with Gasteiger partial charge in [0.05, 0.1) is 23.4 Å². The van der Waals surface area contributed by atoms with Crippen LogP contribution >= 0.6 is 0 Å². The van der Waals surface area contributed by atoms with Gasteiger partial charge in [-0.15, -0.1) is 0 Å². The maximum atomic E-state index is 12.7. The Hall–Kier alpha value is -3.59. The molecule has 168 valence electrons. The second-order valence-corrected chi connectivity index (χ2v) is 7.98. The van der Waals surface area contributed by atoms with Crippen LogP contribution in [-0.4, -0.2) is 40.2 Å². The van der Waals surface area contributed by atoms with Crippen LogP contribution in [0, 0.1) is 6.92 Å². The van der Waals surface area contributed by atoms with Gasteiger partial charge in [-0.05, 0) is 44.0 Å². The molecule has 1 aliphatic rings. The van der Waals surface area contributed by atoms with Crippen LogP contribution in [0.1, 0.15) is 47.7 Å². The van der Waals surface area contributed by atoms with E-state index < -0.39 is 22.9 Å². The van der Waals surface area contributed by atoms with Crippen molar-refractivity contribution in [2.45, 2.75) is 38.8 Å². The molecular formula is C23H25N3O6. The lowest BCUT2D eigenvalue weighted by atomic mass is 10.1. The predicted molar refractivity (Wildman–Crippen MR) is 119 cm³/mol. The highest BCUT2D eigenvalue weighted by Crippen LogP contribution is 2.34. The topological polar surface area (TPSA) is 132 Å². The molecule has 1 fully saturated rings. The van der Waals surface area contributed by atoms with Crippen LogP contribution in [0.25, 0.3) is 0 Å². The third-order valence-electron chi connectivity index (χ3n) is 5.72. The van der Waals surface area contributed by atoms with E-state index in [9.17, 15) is 24.6 Å². The molecule has 1 saturated heterocycles. The lowest BCUT2D eigenvalue weighted by Crippen LogP contribution is -2.37. The molecule has 4 rings (SSSR count). The molecule has 0 radical (unpaired) electrons. The van der Waals surface area contributed by atoms with Crippen molar-refractivity contribution in [3.63, 3.8) is 0 Å². The van der Waals surface area contributed by atoms with E-state index in [4.69, 9.17) is 4.42 Å². The van der Waals surface area contributed by atoms with Crippen LogP contribution in [0.5, 0.6) is 5.75 Å². The van der Waals surface area contributed by atoms with Gasteiger partial charge in [-0.1, -0.05) is 13.0 Å². The number of hydrogen-bond acceptors (Lipinski definition) is 8. The van der Waals surface area contributed by atoms with E-state index in [1.807, 2.05) is 26.0 Å². The highest BCUT2D eigenvalue weighted by molar-refractivity contribution is 5.99. The van der Waals surface area contributed by atoms with Crippen molar-refractivity contribution < 1.29 is 19.4 Å². The number of hydrogen-bond donors (Lipinski definition) is 4. The molecule has 0 bridgehead atoms. The van der Waals surface area contributed by atoms with Crippen LogP contribution in [-0.2, 0) is 0 Å². The smallest absolute Gasteiger partial charge is 0.257 e. The number of aromatic hydroxyl groups is 1. The number of benzene rings is 1. The van der Waals surface area contributed by atoms with Crippen molar-refractivity contribution in [3.8, 4) is 5.75 Å². The normalized spacial score (nSPS) is 17.0. The second kappa shape index (κ2) is 8.51. The molecule has 9 nitrogen and oxygen atoms in total. The zero-order valence-electron chi connectivity index (χ0n) is 17.8. The fourth-order valence-electron chi connectivity index (χ4n) is 3.89. The molecule has 9 heteroatoms. The van der Waals surface area contributed by atoms with Gasteiger partial charge in [-0.25, -0.2) is 0 Å². The largest absolute Gasteiger partial charge is 0.505 e. The first-order valence-corrected chi connectivity index (χ1v) is 10.5. The van der Waals surface area contributed by atoms with E-state index >= 15 is 0 Å². The SMILES string of the molecule is CC[C@@H](Nc1c(Nc2cccc(C(=O)N3CC[C@@H](O)C3)c2O)c(=O)c1=O)c1ccc(C)o1. The Morgan fingerprint density at radius 1 is 1.22 bits per heavy atom. The Labute approximate surface area is 184 Å². The number of aliphatic hydroxyl groups excluding tert-OH is 1. The number of aryl methyl sites for hydroxylation is 1. The first-order chi connectivity index (χ1) is 15.3. The van der Waals surface area contributed by atoms with Gasteiger partial charge >= 0.3 is 0 Å². The minimum Gasteiger partial charge on any atom is -0.505 e. The molecule has 4 N–H and O–H groups in total. The van der Waals surface area contributed by atoms with E-state index in [-0.39, 0.29) is 41.0 Å². The molecule has 2 aromatic carbocycles. The Bertz CT molecular complexity index is 1220. The van der Waals surface area contributed by atoms with Crippen LogP contribution in [0.2, 0.25) is 0 Å². The van der Waals surface area contributed by atoms with E-state index in [0.29, 0.717) is 25.1 Å². The number of phenolic OH excluding ortho intramolecular Hbond substituents is 1. The Morgan fingerprint density at radius 3 is 2.59 bits per heavy atom. The standard InChI is InChI=1S/C23H25N3O6/c1-3-15(17-8-7-12(2)32-17)24-18-19(22(30)21(18)29)25-16-6-4-5-14(20(16)28)23(31)26-10-9-13(27)11-26/h4-8,13,15,24-25,27-28H,3,9-11H2,1-2H3/t13-,15-/m1/s1. The number of anilines is 3. The van der Waals surface area contributed by atoms with Crippen molar-refractivity contribution in [2.24, 2.45) is 0 Å². The highest BCUT2D eigenvalue weighted by Gasteiger charge is 2.29. The van der Waals surface area contributed by atoms with E-state index in [0.717, 1.165) is 5.76 Å². The summed E-state index contributed by atoms with van der Waals surface area (Å²) in [5, 5.41) is 26.2. The van der Waals surface area contributed by atoms with Crippen LogP contribution in [0.3, 0.4) is 0 Å². The fourth-order valence-corrected chi connectivity index (χ4v) is 3.89. The summed E-state index contributed by atoms with van der Waals surface area (Å²) in [6.07, 6.45) is 0.517. The summed E-state index contributed by atoms with van der Waals surface area (Å²) in [7, 11) is 0. The maximum absolute atomic E-state index is 12.7. The third kappa shape index (κ3) is 3.87. The number of nitrogens with zero attached hydrogens (tertiary/aromatic N) is 1. The molecule has 1 aliphatic heterocycles. The molecule has 0 aliphatic carbocycles. The van der Waals surface area contributed by atoms with Gasteiger partial charge in [0.25, 0.3) is 16.8 Å². The summed E-state index contributed by atoms with van der Waals surface area (Å²) in [5.41, 5.74) is -1.06. The number of amides is 1. The minimum atomic E-state index is -0.711. The number of β-amino-alcohol motifs (C(OH)–C–C–N with tert-alkyl or cyclic N) is 1. The zero-order chi connectivity index (χ0) is 23.0. The molecule has 2 atom stereocenters. The molecule has 0 unspecified atom stereocenters. The Kier molecular flexibility index (Phi) is 5.75. The summed E-state index contributed by atoms with van der Waals surface area (Å²) in [6.45, 7) is 4.34. The molecule has 0 spiro atoms. The summed E-state index contributed by atoms with van der Waals surface area (Å²) < 4.78 is 5.64. The van der Waals surface area contributed by atoms with Crippen LogP contribution < -0.4 is 21.5 Å². The highest BCUT2D eigenvalue weighted by atomic mass is 16.3. The number of para-hydroxylation sites is 1. The van der Waals surface area contributed by atoms with Gasteiger partial charge in [0.1, 0.15) is 22.9 Å². The number of aliphatic hydroxyl groups is 1. The number of carbonyl (C=O) groups excluding carboxylic acids is 1. The molecule has 1 aromatic heterocycles. The molecule has 1 amide bonds. The molecule has 32 heavy (non-hydrogen) atoms.